The zero-order valence-electron chi connectivity index (χ0n) is 28.2. The molecule has 0 radical (unpaired) electrons. The Morgan fingerprint density at radius 3 is 2.10 bits per heavy atom. The van der Waals surface area contributed by atoms with Crippen LogP contribution in [0.4, 0.5) is 21.5 Å². The number of benzene rings is 4. The van der Waals surface area contributed by atoms with E-state index >= 15 is 0 Å². The third-order valence-electron chi connectivity index (χ3n) is 8.78. The number of anilines is 3. The van der Waals surface area contributed by atoms with Gasteiger partial charge in [0.1, 0.15) is 5.82 Å². The third-order valence-corrected chi connectivity index (χ3v) is 10.1. The number of aromatic nitrogens is 4. The summed E-state index contributed by atoms with van der Waals surface area (Å²) in [5, 5.41) is 2.08. The fraction of sp³-hybridized carbons (Fsp3) is 0.220. The first-order valence-electron chi connectivity index (χ1n) is 16.1. The minimum absolute atomic E-state index is 0.166. The maximum atomic E-state index is 14.6. The van der Waals surface area contributed by atoms with E-state index in [0.29, 0.717) is 5.82 Å². The number of hydrogen-bond acceptors (Lipinski definition) is 2. The van der Waals surface area contributed by atoms with Crippen molar-refractivity contribution in [1.82, 2.24) is 18.7 Å². The first kappa shape index (κ1) is 32.0. The van der Waals surface area contributed by atoms with Gasteiger partial charge < -0.3 is 0 Å². The molecule has 0 spiro atoms. The van der Waals surface area contributed by atoms with Crippen molar-refractivity contribution in [1.29, 1.82) is 0 Å². The molecule has 0 aliphatic rings. The fourth-order valence-electron chi connectivity index (χ4n) is 6.47. The van der Waals surface area contributed by atoms with E-state index < -0.39 is 0 Å². The molecule has 0 aliphatic heterocycles. The number of para-hydroxylation sites is 2. The summed E-state index contributed by atoms with van der Waals surface area (Å²) in [6, 6.07) is 35.9. The zero-order chi connectivity index (χ0) is 34.0. The van der Waals surface area contributed by atoms with E-state index in [-0.39, 0.29) is 16.6 Å². The van der Waals surface area contributed by atoms with Crippen LogP contribution in [0.2, 0.25) is 0 Å². The number of imidazole rings is 1. The number of nitrogens with zero attached hydrogens (tertiary/aromatic N) is 5. The van der Waals surface area contributed by atoms with E-state index in [9.17, 15) is 4.39 Å². The molecule has 0 fully saturated rings. The van der Waals surface area contributed by atoms with E-state index in [4.69, 9.17) is 0 Å². The molecule has 7 heteroatoms. The second kappa shape index (κ2) is 11.9. The molecule has 0 unspecified atom stereocenters. The average Bonchev–Trinajstić information content (AvgIpc) is 3.56. The van der Waals surface area contributed by atoms with Crippen LogP contribution in [0.15, 0.2) is 104 Å². The molecule has 0 N–H and O–H groups in total. The van der Waals surface area contributed by atoms with E-state index in [1.165, 1.54) is 29.5 Å². The minimum atomic E-state index is -0.336. The number of hydrogen-bond donors (Lipinski definition) is 0. The quantitative estimate of drug-likeness (QED) is 0.162. The van der Waals surface area contributed by atoms with Gasteiger partial charge in [-0.2, -0.15) is 0 Å². The van der Waals surface area contributed by atoms with E-state index in [2.05, 4.69) is 159 Å². The Bertz CT molecular complexity index is 2350. The molecule has 0 atom stereocenters. The number of fused-ring (bicyclic) bond motifs is 3. The van der Waals surface area contributed by atoms with Crippen LogP contribution in [0.5, 0.6) is 0 Å². The molecule has 0 saturated carbocycles. The summed E-state index contributed by atoms with van der Waals surface area (Å²) >= 11 is 2.35. The third kappa shape index (κ3) is 5.56. The summed E-state index contributed by atoms with van der Waals surface area (Å²) in [5.74, 6) is 0.174. The van der Waals surface area contributed by atoms with Crippen molar-refractivity contribution in [3.8, 4) is 11.5 Å². The van der Waals surface area contributed by atoms with Gasteiger partial charge in [0.15, 0.2) is 0 Å². The number of pyridine rings is 1. The van der Waals surface area contributed by atoms with Crippen LogP contribution in [-0.2, 0) is 37.2 Å². The van der Waals surface area contributed by atoms with Gasteiger partial charge in [-0.25, -0.2) is 4.39 Å². The van der Waals surface area contributed by atoms with Gasteiger partial charge in [-0.05, 0) is 6.07 Å². The molecule has 7 rings (SSSR count). The topological polar surface area (TPSA) is 30.9 Å². The van der Waals surface area contributed by atoms with Gasteiger partial charge in [-0.15, -0.1) is 0 Å². The first-order chi connectivity index (χ1) is 22.8. The standard InChI is InChI=1S/C41H38FN5.Pt/c1-40(2,3)34-15-11-16-35(41(4,5)6)39(34)46(30-13-10-12-29(25-30)45-23-22-44(7)27-45)31-18-19-33-32-14-8-9-17-36(32)47(37(33)26-31)38-24-28(42)20-21-43-38;/h8-24H,1-7H3;/q-2;. The molecule has 48 heavy (non-hydrogen) atoms. The van der Waals surface area contributed by atoms with E-state index in [1.807, 2.05) is 29.9 Å². The van der Waals surface area contributed by atoms with Crippen LogP contribution in [0.3, 0.4) is 0 Å². The summed E-state index contributed by atoms with van der Waals surface area (Å²) in [4.78, 5) is 6.91. The van der Waals surface area contributed by atoms with E-state index in [1.54, 1.807) is 0 Å². The van der Waals surface area contributed by atoms with Gasteiger partial charge in [0.25, 0.3) is 0 Å². The molecule has 7 aromatic rings. The molecule has 0 aliphatic carbocycles. The summed E-state index contributed by atoms with van der Waals surface area (Å²) in [6.45, 7) is 13.6. The number of rotatable bonds is 5. The van der Waals surface area contributed by atoms with Crippen LogP contribution in [0, 0.1) is 21.8 Å². The van der Waals surface area contributed by atoms with Gasteiger partial charge in [0.2, 0.25) is 0 Å². The van der Waals surface area contributed by atoms with Gasteiger partial charge in [0.05, 0.1) is 0 Å². The molecule has 5 nitrogen and oxygen atoms in total. The molecule has 4 aromatic carbocycles. The molecule has 3 heterocycles. The van der Waals surface area contributed by atoms with Gasteiger partial charge in [-0.3, -0.25) is 0 Å². The number of halogens is 1. The maximum absolute atomic E-state index is 14.6. The molecule has 3 aromatic heterocycles. The fourth-order valence-corrected chi connectivity index (χ4v) is 7.08. The second-order valence-electron chi connectivity index (χ2n) is 14.3. The van der Waals surface area contributed by atoms with Gasteiger partial charge in [-0.1, -0.05) is 12.1 Å². The Labute approximate surface area is 292 Å². The predicted octanol–water partition coefficient (Wildman–Crippen LogP) is 10.2. The Kier molecular flexibility index (Phi) is 7.91. The second-order valence-corrected chi connectivity index (χ2v) is 15.3. The van der Waals surface area contributed by atoms with Crippen LogP contribution in [0.1, 0.15) is 52.7 Å². The molecular weight excluding hydrogens is 777 g/mol. The molecule has 0 saturated heterocycles. The van der Waals surface area contributed by atoms with Crippen molar-refractivity contribution in [3.63, 3.8) is 0 Å². The summed E-state index contributed by atoms with van der Waals surface area (Å²) < 4.78 is 22.0. The monoisotopic (exact) mass is 814 g/mol. The normalized spacial score (nSPS) is 12.3. The van der Waals surface area contributed by atoms with Crippen LogP contribution in [-0.4, -0.2) is 18.7 Å². The molecule has 0 bridgehead atoms. The molecule has 0 amide bonds. The van der Waals surface area contributed by atoms with Gasteiger partial charge >= 0.3 is 259 Å². The van der Waals surface area contributed by atoms with Crippen molar-refractivity contribution < 1.29 is 23.7 Å². The van der Waals surface area contributed by atoms with Crippen molar-refractivity contribution >= 4 is 38.9 Å². The summed E-state index contributed by atoms with van der Waals surface area (Å²) in [5.41, 5.74) is 7.67. The SMILES string of the molecule is Cn1ccn(-c2[c-]c(N(c3[c-]c4c(cc3)c3ccccc3n4-c3cc(F)ccn3)c3c(C(C)(C)C)cccc3C(C)(C)C)ccc2)[c]1=[Pt]. The Morgan fingerprint density at radius 2 is 1.44 bits per heavy atom. The van der Waals surface area contributed by atoms with Crippen molar-refractivity contribution in [2.75, 3.05) is 4.90 Å². The average molecular weight is 815 g/mol. The summed E-state index contributed by atoms with van der Waals surface area (Å²) in [7, 11) is 2.04. The Balaban J connectivity index is 1.58. The first-order valence-corrected chi connectivity index (χ1v) is 17.2. The van der Waals surface area contributed by atoms with E-state index in [0.717, 1.165) is 48.4 Å². The molecular formula is C41H38FN5Pt-2. The molecule has 246 valence electrons. The zero-order valence-corrected chi connectivity index (χ0v) is 30.5. The Morgan fingerprint density at radius 1 is 0.750 bits per heavy atom. The van der Waals surface area contributed by atoms with Crippen LogP contribution in [0.25, 0.3) is 33.3 Å². The Hall–Kier alpha value is -4.54. The van der Waals surface area contributed by atoms with Gasteiger partial charge in [0, 0.05) is 6.20 Å². The van der Waals surface area contributed by atoms with Crippen molar-refractivity contribution in [3.05, 3.63) is 136 Å². The van der Waals surface area contributed by atoms with Crippen LogP contribution >= 0.6 is 0 Å². The van der Waals surface area contributed by atoms with Crippen molar-refractivity contribution in [2.45, 2.75) is 52.4 Å². The summed E-state index contributed by atoms with van der Waals surface area (Å²) in [6.07, 6.45) is 5.63. The number of aryl methyl sites for hydroxylation is 1. The van der Waals surface area contributed by atoms with Crippen molar-refractivity contribution in [2.24, 2.45) is 7.05 Å². The van der Waals surface area contributed by atoms with Crippen LogP contribution < -0.4 is 4.90 Å². The predicted molar refractivity (Wildman–Crippen MR) is 190 cm³/mol.